The predicted octanol–water partition coefficient (Wildman–Crippen LogP) is -0.0786. The number of para-hydroxylation sites is 1. The van der Waals surface area contributed by atoms with Gasteiger partial charge in [-0.3, -0.25) is 4.57 Å². The largest absolute Gasteiger partial charge is 0.391 e. The summed E-state index contributed by atoms with van der Waals surface area (Å²) in [5.74, 6) is 0.415. The molecule has 0 amide bonds. The van der Waals surface area contributed by atoms with Gasteiger partial charge < -0.3 is 19.9 Å². The van der Waals surface area contributed by atoms with E-state index >= 15 is 0 Å². The molecule has 0 spiro atoms. The van der Waals surface area contributed by atoms with Gasteiger partial charge in [-0.1, -0.05) is 17.3 Å². The van der Waals surface area contributed by atoms with E-state index < -0.39 is 18.2 Å². The van der Waals surface area contributed by atoms with E-state index in [1.54, 1.807) is 16.9 Å². The van der Waals surface area contributed by atoms with Crippen LogP contribution in [0.1, 0.15) is 6.23 Å². The van der Waals surface area contributed by atoms with Gasteiger partial charge in [0.15, 0.2) is 12.5 Å². The Bertz CT molecular complexity index is 939. The monoisotopic (exact) mass is 344 g/mol. The number of hydrogen-bond donors (Lipinski definition) is 2. The first kappa shape index (κ1) is 15.7. The lowest BCUT2D eigenvalue weighted by Gasteiger charge is -2.13. The smallest absolute Gasteiger partial charge is 0.351 e. The number of aromatic nitrogens is 5. The number of ether oxygens (including phenoxy) is 2. The van der Waals surface area contributed by atoms with Crippen molar-refractivity contribution in [2.24, 2.45) is 0 Å². The summed E-state index contributed by atoms with van der Waals surface area (Å²) in [6.45, 7) is 0.251. The molecule has 2 atom stereocenters. The maximum Gasteiger partial charge on any atom is 0.351 e. The van der Waals surface area contributed by atoms with Crippen LogP contribution in [0.2, 0.25) is 0 Å². The van der Waals surface area contributed by atoms with Crippen molar-refractivity contribution in [2.45, 2.75) is 19.2 Å². The third-order valence-electron chi connectivity index (χ3n) is 3.85. The molecule has 3 aromatic rings. The Morgan fingerprint density at radius 2 is 2.20 bits per heavy atom. The lowest BCUT2D eigenvalue weighted by atomic mass is 10.3. The molecule has 3 heterocycles. The van der Waals surface area contributed by atoms with Crippen LogP contribution in [0.25, 0.3) is 11.0 Å². The van der Waals surface area contributed by atoms with Gasteiger partial charge in [-0.05, 0) is 18.2 Å². The van der Waals surface area contributed by atoms with Crippen LogP contribution in [-0.2, 0) is 16.1 Å². The molecular formula is C15H16N6O4. The molecule has 0 unspecified atom stereocenters. The van der Waals surface area contributed by atoms with Crippen LogP contribution >= 0.6 is 0 Å². The number of nitrogens with zero attached hydrogens (tertiary/aromatic N) is 5. The summed E-state index contributed by atoms with van der Waals surface area (Å²) in [5, 5.41) is 20.2. The number of nitrogens with one attached hydrogen (secondary N) is 1. The van der Waals surface area contributed by atoms with Gasteiger partial charge in [-0.15, -0.1) is 5.10 Å². The van der Waals surface area contributed by atoms with Crippen molar-refractivity contribution in [1.82, 2.24) is 24.5 Å². The Morgan fingerprint density at radius 3 is 3.00 bits per heavy atom. The van der Waals surface area contributed by atoms with Crippen molar-refractivity contribution in [2.75, 3.05) is 18.5 Å². The molecule has 25 heavy (non-hydrogen) atoms. The molecule has 4 rings (SSSR count). The van der Waals surface area contributed by atoms with Gasteiger partial charge in [0.05, 0.1) is 18.7 Å². The van der Waals surface area contributed by atoms with Gasteiger partial charge in [0, 0.05) is 6.20 Å². The van der Waals surface area contributed by atoms with Gasteiger partial charge >= 0.3 is 5.69 Å². The Hall–Kier alpha value is -2.82. The third kappa shape index (κ3) is 3.09. The number of anilines is 1. The Kier molecular flexibility index (Phi) is 4.14. The quantitative estimate of drug-likeness (QED) is 0.660. The normalized spacial score (nSPS) is 20.2. The molecule has 0 bridgehead atoms. The van der Waals surface area contributed by atoms with Gasteiger partial charge in [0.2, 0.25) is 0 Å². The molecule has 1 fully saturated rings. The summed E-state index contributed by atoms with van der Waals surface area (Å²) in [6.07, 6.45) is 0.269. The fourth-order valence-electron chi connectivity index (χ4n) is 2.61. The number of rotatable bonds is 5. The predicted molar refractivity (Wildman–Crippen MR) is 86.6 cm³/mol. The van der Waals surface area contributed by atoms with Crippen LogP contribution in [0, 0.1) is 0 Å². The third-order valence-corrected chi connectivity index (χ3v) is 3.85. The van der Waals surface area contributed by atoms with Crippen molar-refractivity contribution in [3.8, 4) is 0 Å². The highest BCUT2D eigenvalue weighted by atomic mass is 16.7. The fourth-order valence-corrected chi connectivity index (χ4v) is 2.61. The van der Waals surface area contributed by atoms with Crippen LogP contribution in [0.15, 0.2) is 41.3 Å². The topological polar surface area (TPSA) is 116 Å². The van der Waals surface area contributed by atoms with Gasteiger partial charge in [-0.25, -0.2) is 9.48 Å². The molecule has 2 N–H and O–H groups in total. The summed E-state index contributed by atoms with van der Waals surface area (Å²) in [7, 11) is 0. The number of hydrogen-bond acceptors (Lipinski definition) is 8. The molecule has 1 aromatic carbocycles. The standard InChI is InChI=1S/C15H16N6O4/c22-7-14-24-8-13(25-14)20-6-5-12(17-15(20)23)16-9-21-11-4-2-1-3-10(11)18-19-21/h1-6,13-14,22H,7-9H2,(H,16,17,23)/t13-,14-/m0/s1. The molecule has 1 aliphatic rings. The van der Waals surface area contributed by atoms with Crippen LogP contribution in [0.3, 0.4) is 0 Å². The van der Waals surface area contributed by atoms with E-state index in [2.05, 4.69) is 20.6 Å². The number of aliphatic hydroxyl groups is 1. The highest BCUT2D eigenvalue weighted by Gasteiger charge is 2.27. The van der Waals surface area contributed by atoms with Crippen LogP contribution in [0.5, 0.6) is 0 Å². The molecule has 2 aromatic heterocycles. The summed E-state index contributed by atoms with van der Waals surface area (Å²) >= 11 is 0. The Labute approximate surface area is 141 Å². The summed E-state index contributed by atoms with van der Waals surface area (Å²) in [6, 6.07) is 9.26. The van der Waals surface area contributed by atoms with Crippen molar-refractivity contribution in [3.05, 3.63) is 47.0 Å². The molecule has 0 radical (unpaired) electrons. The van der Waals surface area contributed by atoms with Gasteiger partial charge in [0.25, 0.3) is 0 Å². The van der Waals surface area contributed by atoms with E-state index in [0.29, 0.717) is 12.5 Å². The van der Waals surface area contributed by atoms with Crippen molar-refractivity contribution < 1.29 is 14.6 Å². The SMILES string of the molecule is O=c1nc(NCn2nnc3ccccc32)ccn1[C@@H]1CO[C@H](CO)O1. The molecule has 1 aliphatic heterocycles. The zero-order valence-corrected chi connectivity index (χ0v) is 13.1. The number of aliphatic hydroxyl groups excluding tert-OH is 1. The van der Waals surface area contributed by atoms with Crippen molar-refractivity contribution in [1.29, 1.82) is 0 Å². The molecule has 10 heteroatoms. The first-order valence-electron chi connectivity index (χ1n) is 7.74. The van der Waals surface area contributed by atoms with Crippen molar-refractivity contribution in [3.63, 3.8) is 0 Å². The van der Waals surface area contributed by atoms with E-state index in [1.807, 2.05) is 24.3 Å². The van der Waals surface area contributed by atoms with E-state index in [-0.39, 0.29) is 13.2 Å². The molecule has 0 saturated carbocycles. The lowest BCUT2D eigenvalue weighted by molar-refractivity contribution is -0.0992. The second-order valence-electron chi connectivity index (χ2n) is 5.45. The molecule has 1 saturated heterocycles. The minimum Gasteiger partial charge on any atom is -0.391 e. The van der Waals surface area contributed by atoms with E-state index in [0.717, 1.165) is 11.0 Å². The van der Waals surface area contributed by atoms with Gasteiger partial charge in [-0.2, -0.15) is 4.98 Å². The maximum atomic E-state index is 12.2. The van der Waals surface area contributed by atoms with E-state index in [4.69, 9.17) is 14.6 Å². The fraction of sp³-hybridized carbons (Fsp3) is 0.333. The summed E-state index contributed by atoms with van der Waals surface area (Å²) in [5.41, 5.74) is 1.21. The first-order chi connectivity index (χ1) is 12.2. The van der Waals surface area contributed by atoms with E-state index in [9.17, 15) is 4.79 Å². The minimum absolute atomic E-state index is 0.185. The highest BCUT2D eigenvalue weighted by molar-refractivity contribution is 5.73. The number of fused-ring (bicyclic) bond motifs is 1. The Balaban J connectivity index is 1.47. The minimum atomic E-state index is -0.713. The van der Waals surface area contributed by atoms with Crippen LogP contribution < -0.4 is 11.0 Å². The second-order valence-corrected chi connectivity index (χ2v) is 5.45. The van der Waals surface area contributed by atoms with E-state index in [1.165, 1.54) is 4.57 Å². The second kappa shape index (κ2) is 6.59. The zero-order valence-electron chi connectivity index (χ0n) is 13.1. The lowest BCUT2D eigenvalue weighted by Crippen LogP contribution is -2.29. The molecule has 130 valence electrons. The average molecular weight is 344 g/mol. The zero-order chi connectivity index (χ0) is 17.2. The average Bonchev–Trinajstić information content (AvgIpc) is 3.27. The first-order valence-corrected chi connectivity index (χ1v) is 7.74. The molecule has 10 nitrogen and oxygen atoms in total. The molecule has 0 aliphatic carbocycles. The maximum absolute atomic E-state index is 12.2. The highest BCUT2D eigenvalue weighted by Crippen LogP contribution is 2.19. The van der Waals surface area contributed by atoms with Crippen LogP contribution in [-0.4, -0.2) is 49.2 Å². The number of benzene rings is 1. The van der Waals surface area contributed by atoms with Crippen LogP contribution in [0.4, 0.5) is 5.82 Å². The van der Waals surface area contributed by atoms with Gasteiger partial charge in [0.1, 0.15) is 18.0 Å². The van der Waals surface area contributed by atoms with Crippen molar-refractivity contribution >= 4 is 16.9 Å². The summed E-state index contributed by atoms with van der Waals surface area (Å²) in [4.78, 5) is 16.2. The Morgan fingerprint density at radius 1 is 1.32 bits per heavy atom. The molecular weight excluding hydrogens is 328 g/mol. The summed E-state index contributed by atoms with van der Waals surface area (Å²) < 4.78 is 13.6.